The minimum Gasteiger partial charge on any atom is -0.453 e. The number of rotatable bonds is 2. The summed E-state index contributed by atoms with van der Waals surface area (Å²) in [5.74, 6) is -3.20. The summed E-state index contributed by atoms with van der Waals surface area (Å²) < 4.78 is 43.6. The van der Waals surface area contributed by atoms with E-state index in [1.165, 1.54) is 26.1 Å². The normalized spacial score (nSPS) is 25.5. The van der Waals surface area contributed by atoms with Gasteiger partial charge in [0.15, 0.2) is 0 Å². The number of carbonyl (C=O) groups excluding carboxylic acids is 2. The second-order valence-corrected chi connectivity index (χ2v) is 7.27. The zero-order valence-corrected chi connectivity index (χ0v) is 15.2. The lowest BCUT2D eigenvalue weighted by Crippen LogP contribution is -2.72. The molecule has 1 atom stereocenters. The third-order valence-electron chi connectivity index (χ3n) is 4.78. The molecule has 0 aliphatic carbocycles. The third-order valence-corrected chi connectivity index (χ3v) is 4.78. The number of aromatic nitrogens is 1. The lowest BCUT2D eigenvalue weighted by atomic mass is 9.96. The van der Waals surface area contributed by atoms with Crippen LogP contribution in [0.2, 0.25) is 0 Å². The van der Waals surface area contributed by atoms with E-state index in [0.717, 1.165) is 0 Å². The van der Waals surface area contributed by atoms with Crippen molar-refractivity contribution in [3.05, 3.63) is 17.8 Å². The second-order valence-electron chi connectivity index (χ2n) is 7.27. The molecule has 10 heteroatoms. The maximum atomic E-state index is 13.4. The Bertz CT molecular complexity index is 775. The summed E-state index contributed by atoms with van der Waals surface area (Å²) in [6, 6.07) is 0.803. The summed E-state index contributed by atoms with van der Waals surface area (Å²) in [6.07, 6.45) is -3.06. The van der Waals surface area contributed by atoms with Crippen molar-refractivity contribution in [1.29, 1.82) is 0 Å². The Balaban J connectivity index is 2.24. The zero-order valence-electron chi connectivity index (χ0n) is 15.2. The van der Waals surface area contributed by atoms with Crippen molar-refractivity contribution in [2.75, 3.05) is 13.1 Å². The Morgan fingerprint density at radius 3 is 2.59 bits per heavy atom. The van der Waals surface area contributed by atoms with Gasteiger partial charge in [-0.3, -0.25) is 4.84 Å². The van der Waals surface area contributed by atoms with Crippen LogP contribution >= 0.6 is 0 Å². The van der Waals surface area contributed by atoms with Gasteiger partial charge in [0, 0.05) is 38.2 Å². The van der Waals surface area contributed by atoms with Crippen molar-refractivity contribution in [1.82, 2.24) is 14.9 Å². The van der Waals surface area contributed by atoms with Gasteiger partial charge in [-0.15, -0.1) is 0 Å². The van der Waals surface area contributed by atoms with E-state index in [1.54, 1.807) is 6.92 Å². The molecule has 2 aliphatic heterocycles. The summed E-state index contributed by atoms with van der Waals surface area (Å²) in [5.41, 5.74) is -0.903. The molecule has 1 aromatic rings. The molecule has 1 saturated heterocycles. The molecular formula is C17H21F3N3O4+. The van der Waals surface area contributed by atoms with Gasteiger partial charge in [-0.25, -0.2) is 14.6 Å². The number of amides is 1. The number of nitrogens with zero attached hydrogens (tertiary/aromatic N) is 2. The molecule has 0 spiro atoms. The Morgan fingerprint density at radius 2 is 2.00 bits per heavy atom. The van der Waals surface area contributed by atoms with Crippen LogP contribution in [0.4, 0.5) is 18.9 Å². The van der Waals surface area contributed by atoms with Crippen molar-refractivity contribution in [2.45, 2.75) is 51.4 Å². The molecule has 7 nitrogen and oxygen atoms in total. The maximum Gasteiger partial charge on any atom is 0.497 e. The van der Waals surface area contributed by atoms with Gasteiger partial charge in [0.25, 0.3) is 5.88 Å². The van der Waals surface area contributed by atoms with Crippen molar-refractivity contribution in [3.8, 4) is 5.88 Å². The van der Waals surface area contributed by atoms with Gasteiger partial charge in [0.05, 0.1) is 0 Å². The van der Waals surface area contributed by atoms with Crippen LogP contribution in [-0.2, 0) is 14.4 Å². The first-order valence-corrected chi connectivity index (χ1v) is 8.60. The highest BCUT2D eigenvalue weighted by Crippen LogP contribution is 2.46. The fraction of sp³-hybridized carbons (Fsp3) is 0.588. The Morgan fingerprint density at radius 1 is 1.37 bits per heavy atom. The largest absolute Gasteiger partial charge is 0.497 e. The van der Waals surface area contributed by atoms with Crippen LogP contribution in [0.1, 0.15) is 32.3 Å². The molecule has 0 saturated carbocycles. The molecule has 0 aromatic carbocycles. The highest BCUT2D eigenvalue weighted by atomic mass is 19.4. The van der Waals surface area contributed by atoms with Gasteiger partial charge < -0.3 is 10.1 Å². The third kappa shape index (κ3) is 3.27. The van der Waals surface area contributed by atoms with Gasteiger partial charge >= 0.3 is 18.1 Å². The Hall–Kier alpha value is -2.20. The summed E-state index contributed by atoms with van der Waals surface area (Å²) in [5, 5.41) is 3.09. The Kier molecular flexibility index (Phi) is 4.67. The predicted octanol–water partition coefficient (Wildman–Crippen LogP) is 2.17. The van der Waals surface area contributed by atoms with Crippen LogP contribution < -0.4 is 14.7 Å². The molecule has 1 aromatic heterocycles. The fourth-order valence-corrected chi connectivity index (χ4v) is 3.53. The molecule has 1 amide bonds. The molecule has 1 N–H and O–H groups in total. The van der Waals surface area contributed by atoms with Crippen LogP contribution in [0.15, 0.2) is 12.3 Å². The average Bonchev–Trinajstić information content (AvgIpc) is 2.59. The van der Waals surface area contributed by atoms with Crippen LogP contribution in [0, 0.1) is 6.92 Å². The SMILES string of the molecule is Cc1cnc2c(c1)[N+](OC(=O)C(F)(F)F)(C1CCNCC1)C(=O)C(C)(C)O2. The summed E-state index contributed by atoms with van der Waals surface area (Å²) in [6.45, 7) is 5.50. The molecule has 1 fully saturated rings. The maximum absolute atomic E-state index is 13.4. The molecule has 148 valence electrons. The molecule has 3 rings (SSSR count). The number of fused-ring (bicyclic) bond motifs is 1. The number of piperidine rings is 1. The number of hydroxylamine groups is 2. The van der Waals surface area contributed by atoms with Gasteiger partial charge in [0.2, 0.25) is 11.3 Å². The van der Waals surface area contributed by atoms with E-state index in [0.29, 0.717) is 31.5 Å². The van der Waals surface area contributed by atoms with Gasteiger partial charge in [-0.2, -0.15) is 13.2 Å². The molecule has 1 unspecified atom stereocenters. The lowest BCUT2D eigenvalue weighted by molar-refractivity contribution is -0.248. The zero-order chi connectivity index (χ0) is 20.0. The second kappa shape index (κ2) is 6.45. The van der Waals surface area contributed by atoms with Gasteiger partial charge in [-0.1, -0.05) is 0 Å². The molecule has 3 heterocycles. The number of carbonyl (C=O) groups is 2. The van der Waals surface area contributed by atoms with E-state index >= 15 is 0 Å². The molecule has 2 aliphatic rings. The van der Waals surface area contributed by atoms with Crippen LogP contribution in [-0.4, -0.2) is 47.8 Å². The lowest BCUT2D eigenvalue weighted by Gasteiger charge is -2.45. The monoisotopic (exact) mass is 388 g/mol. The molecule has 0 radical (unpaired) electrons. The number of alkyl halides is 3. The number of hydrogen-bond donors (Lipinski definition) is 1. The number of nitrogens with one attached hydrogen (secondary N) is 1. The molecule has 27 heavy (non-hydrogen) atoms. The van der Waals surface area contributed by atoms with Crippen molar-refractivity contribution in [2.24, 2.45) is 0 Å². The van der Waals surface area contributed by atoms with Crippen molar-refractivity contribution in [3.63, 3.8) is 0 Å². The first kappa shape index (κ1) is 19.6. The highest BCUT2D eigenvalue weighted by molar-refractivity contribution is 5.98. The first-order chi connectivity index (χ1) is 12.5. The van der Waals surface area contributed by atoms with E-state index in [9.17, 15) is 22.8 Å². The Labute approximate surface area is 154 Å². The van der Waals surface area contributed by atoms with Gasteiger partial charge in [-0.05, 0) is 31.0 Å². The van der Waals surface area contributed by atoms with E-state index in [4.69, 9.17) is 9.57 Å². The fourth-order valence-electron chi connectivity index (χ4n) is 3.53. The number of halogens is 3. The average molecular weight is 388 g/mol. The number of aryl methyl sites for hydroxylation is 1. The van der Waals surface area contributed by atoms with Crippen LogP contribution in [0.5, 0.6) is 5.88 Å². The highest BCUT2D eigenvalue weighted by Gasteiger charge is 2.65. The minimum absolute atomic E-state index is 0.0151. The summed E-state index contributed by atoms with van der Waals surface area (Å²) in [7, 11) is 0. The first-order valence-electron chi connectivity index (χ1n) is 8.60. The van der Waals surface area contributed by atoms with E-state index in [2.05, 4.69) is 10.3 Å². The van der Waals surface area contributed by atoms with Crippen LogP contribution in [0.3, 0.4) is 0 Å². The topological polar surface area (TPSA) is 77.5 Å². The van der Waals surface area contributed by atoms with E-state index in [-0.39, 0.29) is 11.6 Å². The standard InChI is InChI=1S/C17H21F3N3O4/c1-10-8-12-13(22-9-10)26-16(2,3)14(24)23(12,11-4-6-21-7-5-11)27-15(25)17(18,19)20/h8-9,11,21H,4-7H2,1-3H3/q+1. The predicted molar refractivity (Wildman–Crippen MR) is 88.5 cm³/mol. The number of ether oxygens (including phenoxy) is 1. The number of quaternary nitrogens is 1. The summed E-state index contributed by atoms with van der Waals surface area (Å²) >= 11 is 0. The number of hydrogen-bond acceptors (Lipinski definition) is 6. The number of pyridine rings is 1. The minimum atomic E-state index is -5.24. The van der Waals surface area contributed by atoms with E-state index < -0.39 is 34.3 Å². The summed E-state index contributed by atoms with van der Waals surface area (Å²) in [4.78, 5) is 34.3. The smallest absolute Gasteiger partial charge is 0.453 e. The van der Waals surface area contributed by atoms with Crippen molar-refractivity contribution < 1.29 is 32.3 Å². The van der Waals surface area contributed by atoms with Crippen LogP contribution in [0.25, 0.3) is 0 Å². The molecular weight excluding hydrogens is 367 g/mol. The van der Waals surface area contributed by atoms with E-state index in [1.807, 2.05) is 0 Å². The van der Waals surface area contributed by atoms with Gasteiger partial charge in [0.1, 0.15) is 6.04 Å². The van der Waals surface area contributed by atoms with Crippen molar-refractivity contribution >= 4 is 17.6 Å². The quantitative estimate of drug-likeness (QED) is 0.783. The molecule has 0 bridgehead atoms.